The Morgan fingerprint density at radius 1 is 0.952 bits per heavy atom. The summed E-state index contributed by atoms with van der Waals surface area (Å²) in [7, 11) is 0. The van der Waals surface area contributed by atoms with Gasteiger partial charge in [-0.15, -0.1) is 0 Å². The third-order valence-electron chi connectivity index (χ3n) is 8.00. The van der Waals surface area contributed by atoms with E-state index in [2.05, 4.69) is 12.2 Å². The number of hydrogen-bond acceptors (Lipinski definition) is 8. The molecular weight excluding hydrogens is 540 g/mol. The normalized spacial score (nSPS) is 27.3. The van der Waals surface area contributed by atoms with Gasteiger partial charge < -0.3 is 33.5 Å². The van der Waals surface area contributed by atoms with Gasteiger partial charge in [0.25, 0.3) is 0 Å². The first-order valence-corrected chi connectivity index (χ1v) is 15.8. The number of carbonyl (C=O) groups is 2. The summed E-state index contributed by atoms with van der Waals surface area (Å²) in [6, 6.07) is 9.63. The lowest BCUT2D eigenvalue weighted by atomic mass is 9.99. The van der Waals surface area contributed by atoms with Crippen LogP contribution in [-0.2, 0) is 33.3 Å². The van der Waals surface area contributed by atoms with Crippen molar-refractivity contribution in [1.29, 1.82) is 0 Å². The first-order valence-electron chi connectivity index (χ1n) is 15.8. The fourth-order valence-corrected chi connectivity index (χ4v) is 5.70. The first kappa shape index (κ1) is 32.6. The lowest BCUT2D eigenvalue weighted by Crippen LogP contribution is -2.40. The molecule has 6 unspecified atom stereocenters. The monoisotopic (exact) mass is 588 g/mol. The molecule has 1 aromatic carbocycles. The minimum absolute atomic E-state index is 0.139. The van der Waals surface area contributed by atoms with Gasteiger partial charge in [0.1, 0.15) is 24.2 Å². The number of Topliss-reactive ketones (excluding diaryl/α,β-unsaturated/α-hetero) is 1. The summed E-state index contributed by atoms with van der Waals surface area (Å²) in [5.74, 6) is -0.172. The van der Waals surface area contributed by atoms with Gasteiger partial charge in [-0.25, -0.2) is 0 Å². The van der Waals surface area contributed by atoms with Crippen LogP contribution in [0, 0.1) is 5.92 Å². The molecule has 1 N–H and O–H groups in total. The van der Waals surface area contributed by atoms with Crippen LogP contribution >= 0.6 is 0 Å². The molecule has 9 heteroatoms. The molecule has 234 valence electrons. The minimum atomic E-state index is -0.753. The summed E-state index contributed by atoms with van der Waals surface area (Å²) in [6.07, 6.45) is 12.6. The molecule has 1 saturated carbocycles. The Morgan fingerprint density at radius 3 is 2.43 bits per heavy atom. The predicted molar refractivity (Wildman–Crippen MR) is 156 cm³/mol. The van der Waals surface area contributed by atoms with Crippen molar-refractivity contribution in [3.63, 3.8) is 0 Å². The standard InChI is InChI=1S/C33H48O9/c34-28-22-29(42-32-19-11-13-21-38-32)33(27(28)16-8-3-1-2-4-9-17-30(35)36)40-24-26(41-31-18-10-12-20-37-31)23-39-25-14-6-5-7-15-25/h3,5-8,14-15,26-27,29,31-33H,1-2,4,9-13,16-24H2,(H,35,36). The van der Waals surface area contributed by atoms with E-state index in [9.17, 15) is 9.59 Å². The van der Waals surface area contributed by atoms with Crippen molar-refractivity contribution in [3.8, 4) is 5.75 Å². The third kappa shape index (κ3) is 11.4. The van der Waals surface area contributed by atoms with Crippen LogP contribution in [0.4, 0.5) is 0 Å². The lowest BCUT2D eigenvalue weighted by molar-refractivity contribution is -0.226. The zero-order valence-electron chi connectivity index (χ0n) is 24.7. The molecule has 0 radical (unpaired) electrons. The summed E-state index contributed by atoms with van der Waals surface area (Å²) >= 11 is 0. The summed E-state index contributed by atoms with van der Waals surface area (Å²) < 4.78 is 36.9. The fourth-order valence-electron chi connectivity index (χ4n) is 5.70. The van der Waals surface area contributed by atoms with Gasteiger partial charge in [-0.3, -0.25) is 9.59 Å². The van der Waals surface area contributed by atoms with Crippen molar-refractivity contribution in [3.05, 3.63) is 42.5 Å². The number of rotatable bonds is 18. The molecule has 42 heavy (non-hydrogen) atoms. The van der Waals surface area contributed by atoms with Crippen molar-refractivity contribution in [2.75, 3.05) is 26.4 Å². The molecule has 1 aliphatic carbocycles. The molecule has 0 amide bonds. The van der Waals surface area contributed by atoms with E-state index in [-0.39, 0.29) is 49.5 Å². The van der Waals surface area contributed by atoms with E-state index in [1.165, 1.54) is 0 Å². The highest BCUT2D eigenvalue weighted by atomic mass is 16.7. The van der Waals surface area contributed by atoms with E-state index in [0.717, 1.165) is 63.5 Å². The number of hydrogen-bond donors (Lipinski definition) is 1. The van der Waals surface area contributed by atoms with Crippen LogP contribution in [0.3, 0.4) is 0 Å². The molecule has 0 aromatic heterocycles. The highest BCUT2D eigenvalue weighted by Gasteiger charge is 2.45. The first-order chi connectivity index (χ1) is 20.6. The SMILES string of the molecule is O=C(O)CCCCCC=CCC1C(=O)CC(OC2CCCCO2)C1OCC(COc1ccccc1)OC1CCCCO1. The van der Waals surface area contributed by atoms with Crippen molar-refractivity contribution in [1.82, 2.24) is 0 Å². The Kier molecular flexibility index (Phi) is 14.3. The van der Waals surface area contributed by atoms with Crippen LogP contribution in [-0.4, -0.2) is 74.2 Å². The Morgan fingerprint density at radius 2 is 1.71 bits per heavy atom. The quantitative estimate of drug-likeness (QED) is 0.167. The Labute approximate surface area is 249 Å². The molecule has 4 rings (SSSR count). The fraction of sp³-hybridized carbons (Fsp3) is 0.697. The molecule has 3 aliphatic rings. The van der Waals surface area contributed by atoms with Gasteiger partial charge in [0.15, 0.2) is 12.6 Å². The molecule has 2 aliphatic heterocycles. The number of carboxylic acid groups (broad SMARTS) is 1. The smallest absolute Gasteiger partial charge is 0.303 e. The molecule has 1 aromatic rings. The second-order valence-corrected chi connectivity index (χ2v) is 11.4. The average Bonchev–Trinajstić information content (AvgIpc) is 3.30. The van der Waals surface area contributed by atoms with Gasteiger partial charge in [0.05, 0.1) is 24.7 Å². The second kappa shape index (κ2) is 18.4. The Bertz CT molecular complexity index is 940. The number of allylic oxidation sites excluding steroid dienone is 2. The van der Waals surface area contributed by atoms with Crippen LogP contribution in [0.25, 0.3) is 0 Å². The largest absolute Gasteiger partial charge is 0.491 e. The topological polar surface area (TPSA) is 110 Å². The van der Waals surface area contributed by atoms with Gasteiger partial charge >= 0.3 is 5.97 Å². The van der Waals surface area contributed by atoms with Crippen molar-refractivity contribution in [2.24, 2.45) is 5.92 Å². The van der Waals surface area contributed by atoms with Gasteiger partial charge in [0.2, 0.25) is 0 Å². The van der Waals surface area contributed by atoms with E-state index < -0.39 is 12.1 Å². The number of carbonyl (C=O) groups excluding carboxylic acids is 1. The summed E-state index contributed by atoms with van der Waals surface area (Å²) in [5.41, 5.74) is 0. The highest BCUT2D eigenvalue weighted by molar-refractivity contribution is 5.85. The van der Waals surface area contributed by atoms with Crippen molar-refractivity contribution >= 4 is 11.8 Å². The number of aliphatic carboxylic acids is 1. The maximum Gasteiger partial charge on any atom is 0.303 e. The van der Waals surface area contributed by atoms with E-state index in [1.807, 2.05) is 30.3 Å². The highest BCUT2D eigenvalue weighted by Crippen LogP contribution is 2.33. The van der Waals surface area contributed by atoms with Gasteiger partial charge in [-0.05, 0) is 76.3 Å². The molecule has 0 spiro atoms. The third-order valence-corrected chi connectivity index (χ3v) is 8.00. The maximum absolute atomic E-state index is 13.2. The van der Waals surface area contributed by atoms with Crippen LogP contribution in [0.5, 0.6) is 5.75 Å². The van der Waals surface area contributed by atoms with Gasteiger partial charge in [-0.2, -0.15) is 0 Å². The molecular formula is C33H48O9. The lowest BCUT2D eigenvalue weighted by Gasteiger charge is -2.32. The molecule has 2 saturated heterocycles. The summed E-state index contributed by atoms with van der Waals surface area (Å²) in [6.45, 7) is 1.90. The predicted octanol–water partition coefficient (Wildman–Crippen LogP) is 5.84. The molecule has 3 fully saturated rings. The summed E-state index contributed by atoms with van der Waals surface area (Å²) in [5, 5.41) is 8.80. The minimum Gasteiger partial charge on any atom is -0.491 e. The number of carboxylic acids is 1. The molecule has 9 nitrogen and oxygen atoms in total. The number of benzene rings is 1. The second-order valence-electron chi connectivity index (χ2n) is 11.4. The Balaban J connectivity index is 1.36. The number of ketones is 1. The van der Waals surface area contributed by atoms with Gasteiger partial charge in [0, 0.05) is 26.1 Å². The number of unbranched alkanes of at least 4 members (excludes halogenated alkanes) is 3. The van der Waals surface area contributed by atoms with Gasteiger partial charge in [-0.1, -0.05) is 36.8 Å². The van der Waals surface area contributed by atoms with Crippen molar-refractivity contribution in [2.45, 2.75) is 114 Å². The number of para-hydroxylation sites is 1. The zero-order valence-corrected chi connectivity index (χ0v) is 24.7. The van der Waals surface area contributed by atoms with E-state index in [4.69, 9.17) is 33.5 Å². The molecule has 2 heterocycles. The van der Waals surface area contributed by atoms with Crippen LogP contribution in [0.15, 0.2) is 42.5 Å². The maximum atomic E-state index is 13.2. The van der Waals surface area contributed by atoms with Crippen LogP contribution in [0.1, 0.15) is 83.5 Å². The van der Waals surface area contributed by atoms with E-state index >= 15 is 0 Å². The average molecular weight is 589 g/mol. The van der Waals surface area contributed by atoms with E-state index in [0.29, 0.717) is 39.1 Å². The molecule has 6 atom stereocenters. The zero-order chi connectivity index (χ0) is 29.4. The van der Waals surface area contributed by atoms with Crippen LogP contribution < -0.4 is 4.74 Å². The number of ether oxygens (including phenoxy) is 6. The van der Waals surface area contributed by atoms with E-state index in [1.54, 1.807) is 0 Å². The van der Waals surface area contributed by atoms with Crippen molar-refractivity contribution < 1.29 is 43.1 Å². The molecule has 0 bridgehead atoms. The summed E-state index contributed by atoms with van der Waals surface area (Å²) in [4.78, 5) is 23.9. The van der Waals surface area contributed by atoms with Crippen LogP contribution in [0.2, 0.25) is 0 Å². The Hall–Kier alpha value is -2.30.